The van der Waals surface area contributed by atoms with Crippen molar-refractivity contribution in [2.24, 2.45) is 4.99 Å². The van der Waals surface area contributed by atoms with Gasteiger partial charge in [0.25, 0.3) is 0 Å². The summed E-state index contributed by atoms with van der Waals surface area (Å²) in [5, 5.41) is 16.5. The summed E-state index contributed by atoms with van der Waals surface area (Å²) in [5.74, 6) is 1.38. The van der Waals surface area contributed by atoms with Gasteiger partial charge in [-0.2, -0.15) is 5.10 Å². The number of carbonyl (C=O) groups is 1. The SMILES string of the molecule is CCC(CC)(CNC(=NC)NCc1cccc(-c2ncn[nH]2)c1)NC(=O)OC(C)(C)C.I. The zero-order valence-electron chi connectivity index (χ0n) is 19.8. The predicted octanol–water partition coefficient (Wildman–Crippen LogP) is 3.84. The lowest BCUT2D eigenvalue weighted by Gasteiger charge is -2.34. The Kier molecular flexibility index (Phi) is 10.9. The number of carbonyl (C=O) groups excluding carboxylic acids is 1. The smallest absolute Gasteiger partial charge is 0.408 e. The topological polar surface area (TPSA) is 116 Å². The van der Waals surface area contributed by atoms with Crippen LogP contribution in [0.25, 0.3) is 11.4 Å². The van der Waals surface area contributed by atoms with Crippen LogP contribution in [0.5, 0.6) is 0 Å². The summed E-state index contributed by atoms with van der Waals surface area (Å²) in [5.41, 5.74) is 1.08. The summed E-state index contributed by atoms with van der Waals surface area (Å²) in [7, 11) is 1.72. The average molecular weight is 557 g/mol. The number of hydrogen-bond donors (Lipinski definition) is 4. The number of guanidine groups is 1. The molecule has 10 heteroatoms. The number of nitrogens with one attached hydrogen (secondary N) is 4. The van der Waals surface area contributed by atoms with Crippen LogP contribution >= 0.6 is 24.0 Å². The molecule has 0 aliphatic rings. The van der Waals surface area contributed by atoms with Gasteiger partial charge in [0.05, 0.1) is 5.54 Å². The number of ether oxygens (including phenoxy) is 1. The molecule has 0 bridgehead atoms. The second kappa shape index (κ2) is 12.6. The van der Waals surface area contributed by atoms with Gasteiger partial charge in [-0.1, -0.05) is 32.0 Å². The van der Waals surface area contributed by atoms with Crippen LogP contribution in [0.15, 0.2) is 35.6 Å². The van der Waals surface area contributed by atoms with E-state index in [0.717, 1.165) is 29.8 Å². The molecule has 178 valence electrons. The van der Waals surface area contributed by atoms with Gasteiger partial charge in [0.2, 0.25) is 0 Å². The number of aromatic amines is 1. The third-order valence-corrected chi connectivity index (χ3v) is 5.01. The zero-order valence-corrected chi connectivity index (χ0v) is 22.1. The van der Waals surface area contributed by atoms with Crippen LogP contribution in [-0.2, 0) is 11.3 Å². The van der Waals surface area contributed by atoms with E-state index in [9.17, 15) is 4.79 Å². The van der Waals surface area contributed by atoms with Crippen molar-refractivity contribution in [3.63, 3.8) is 0 Å². The summed E-state index contributed by atoms with van der Waals surface area (Å²) >= 11 is 0. The molecule has 0 unspecified atom stereocenters. The Bertz CT molecular complexity index is 859. The van der Waals surface area contributed by atoms with Gasteiger partial charge in [-0.15, -0.1) is 24.0 Å². The first-order valence-electron chi connectivity index (χ1n) is 10.6. The van der Waals surface area contributed by atoms with Crippen LogP contribution < -0.4 is 16.0 Å². The van der Waals surface area contributed by atoms with Gasteiger partial charge in [0.1, 0.15) is 11.9 Å². The van der Waals surface area contributed by atoms with E-state index in [2.05, 4.69) is 36.1 Å². The molecule has 1 heterocycles. The Morgan fingerprint density at radius 3 is 2.47 bits per heavy atom. The minimum atomic E-state index is -0.539. The van der Waals surface area contributed by atoms with Crippen molar-refractivity contribution in [2.45, 2.75) is 65.1 Å². The van der Waals surface area contributed by atoms with Crippen LogP contribution in [0.3, 0.4) is 0 Å². The van der Waals surface area contributed by atoms with Crippen LogP contribution in [0.2, 0.25) is 0 Å². The second-order valence-electron chi connectivity index (χ2n) is 8.43. The molecule has 4 N–H and O–H groups in total. The zero-order chi connectivity index (χ0) is 22.9. The van der Waals surface area contributed by atoms with Gasteiger partial charge in [-0.25, -0.2) is 9.78 Å². The number of amides is 1. The molecule has 2 rings (SSSR count). The number of aromatic nitrogens is 3. The Hall–Kier alpha value is -2.37. The lowest BCUT2D eigenvalue weighted by molar-refractivity contribution is 0.0448. The lowest BCUT2D eigenvalue weighted by Crippen LogP contribution is -2.57. The lowest BCUT2D eigenvalue weighted by atomic mass is 9.93. The first kappa shape index (κ1) is 27.7. The fourth-order valence-corrected chi connectivity index (χ4v) is 3.07. The molecule has 0 spiro atoms. The van der Waals surface area contributed by atoms with Crippen molar-refractivity contribution < 1.29 is 9.53 Å². The van der Waals surface area contributed by atoms with Gasteiger partial charge in [0.15, 0.2) is 11.8 Å². The standard InChI is InChI=1S/C22H35N7O2.HI/c1-7-22(8-2,28-20(30)31-21(3,4)5)14-25-19(23-6)24-13-16-10-9-11-17(12-16)18-26-15-27-29-18;/h9-12,15H,7-8,13-14H2,1-6H3,(H,28,30)(H2,23,24,25)(H,26,27,29);1H. The second-order valence-corrected chi connectivity index (χ2v) is 8.43. The van der Waals surface area contributed by atoms with E-state index in [0.29, 0.717) is 19.0 Å². The third kappa shape index (κ3) is 8.64. The summed E-state index contributed by atoms with van der Waals surface area (Å²) in [4.78, 5) is 20.8. The number of alkyl carbamates (subject to hydrolysis) is 1. The Balaban J connectivity index is 0.00000512. The Labute approximate surface area is 207 Å². The van der Waals surface area contributed by atoms with Crippen LogP contribution in [0, 0.1) is 0 Å². The molecule has 0 saturated carbocycles. The number of hydrogen-bond acceptors (Lipinski definition) is 5. The van der Waals surface area contributed by atoms with E-state index in [1.807, 2.05) is 58.9 Å². The van der Waals surface area contributed by atoms with Crippen molar-refractivity contribution in [1.29, 1.82) is 0 Å². The first-order chi connectivity index (χ1) is 14.7. The van der Waals surface area contributed by atoms with Crippen molar-refractivity contribution in [2.75, 3.05) is 13.6 Å². The Morgan fingerprint density at radius 1 is 1.19 bits per heavy atom. The molecule has 0 aliphatic heterocycles. The number of rotatable bonds is 8. The molecule has 1 aromatic carbocycles. The highest BCUT2D eigenvalue weighted by Gasteiger charge is 2.30. The molecular formula is C22H36IN7O2. The third-order valence-electron chi connectivity index (χ3n) is 5.01. The van der Waals surface area contributed by atoms with Crippen LogP contribution in [0.1, 0.15) is 53.0 Å². The highest BCUT2D eigenvalue weighted by atomic mass is 127. The van der Waals surface area contributed by atoms with Crippen molar-refractivity contribution in [1.82, 2.24) is 31.1 Å². The van der Waals surface area contributed by atoms with E-state index in [1.165, 1.54) is 6.33 Å². The normalized spacial score (nSPS) is 12.0. The minimum absolute atomic E-state index is 0. The van der Waals surface area contributed by atoms with E-state index < -0.39 is 17.2 Å². The number of benzene rings is 1. The summed E-state index contributed by atoms with van der Waals surface area (Å²) < 4.78 is 5.44. The van der Waals surface area contributed by atoms with Gasteiger partial charge in [-0.05, 0) is 45.2 Å². The van der Waals surface area contributed by atoms with Crippen molar-refractivity contribution in [3.8, 4) is 11.4 Å². The predicted molar refractivity (Wildman–Crippen MR) is 138 cm³/mol. The van der Waals surface area contributed by atoms with Gasteiger partial charge in [0, 0.05) is 25.7 Å². The van der Waals surface area contributed by atoms with Gasteiger partial charge < -0.3 is 20.7 Å². The Morgan fingerprint density at radius 2 is 1.91 bits per heavy atom. The maximum absolute atomic E-state index is 12.3. The maximum Gasteiger partial charge on any atom is 0.408 e. The highest BCUT2D eigenvalue weighted by molar-refractivity contribution is 14.0. The van der Waals surface area contributed by atoms with E-state index in [4.69, 9.17) is 4.74 Å². The molecule has 0 aliphatic carbocycles. The quantitative estimate of drug-likeness (QED) is 0.223. The monoisotopic (exact) mass is 557 g/mol. The number of H-pyrrole nitrogens is 1. The fraction of sp³-hybridized carbons (Fsp3) is 0.545. The molecule has 1 aromatic heterocycles. The van der Waals surface area contributed by atoms with Gasteiger partial charge in [-0.3, -0.25) is 10.1 Å². The molecule has 0 radical (unpaired) electrons. The van der Waals surface area contributed by atoms with Crippen molar-refractivity contribution >= 4 is 36.0 Å². The first-order valence-corrected chi connectivity index (χ1v) is 10.6. The number of halogens is 1. The molecule has 0 saturated heterocycles. The molecule has 9 nitrogen and oxygen atoms in total. The molecule has 1 amide bonds. The van der Waals surface area contributed by atoms with Crippen molar-refractivity contribution in [3.05, 3.63) is 36.2 Å². The maximum atomic E-state index is 12.3. The molecule has 32 heavy (non-hydrogen) atoms. The fourth-order valence-electron chi connectivity index (χ4n) is 3.07. The summed E-state index contributed by atoms with van der Waals surface area (Å²) in [6, 6.07) is 8.05. The van der Waals surface area contributed by atoms with Crippen LogP contribution in [-0.4, -0.2) is 52.0 Å². The van der Waals surface area contributed by atoms with Gasteiger partial charge >= 0.3 is 6.09 Å². The number of nitrogens with zero attached hydrogens (tertiary/aromatic N) is 3. The largest absolute Gasteiger partial charge is 0.444 e. The molecule has 0 atom stereocenters. The summed E-state index contributed by atoms with van der Waals surface area (Å²) in [6.07, 6.45) is 2.59. The summed E-state index contributed by atoms with van der Waals surface area (Å²) in [6.45, 7) is 10.8. The van der Waals surface area contributed by atoms with Crippen LogP contribution in [0.4, 0.5) is 4.79 Å². The number of aliphatic imine (C=N–C) groups is 1. The molecule has 2 aromatic rings. The molecule has 0 fully saturated rings. The highest BCUT2D eigenvalue weighted by Crippen LogP contribution is 2.17. The molecular weight excluding hydrogens is 521 g/mol. The van der Waals surface area contributed by atoms with E-state index >= 15 is 0 Å². The average Bonchev–Trinajstić information content (AvgIpc) is 3.27. The minimum Gasteiger partial charge on any atom is -0.444 e. The van der Waals surface area contributed by atoms with E-state index in [-0.39, 0.29) is 24.0 Å². The van der Waals surface area contributed by atoms with E-state index in [1.54, 1.807) is 7.05 Å².